The molecule has 0 unspecified atom stereocenters. The van der Waals surface area contributed by atoms with Crippen molar-refractivity contribution in [2.45, 2.75) is 12.8 Å². The fourth-order valence-corrected chi connectivity index (χ4v) is 3.45. The van der Waals surface area contributed by atoms with Gasteiger partial charge in [0.05, 0.1) is 0 Å². The molecule has 0 aromatic heterocycles. The van der Waals surface area contributed by atoms with Crippen LogP contribution in [0, 0.1) is 17.5 Å². The molecule has 0 N–H and O–H groups in total. The third-order valence-corrected chi connectivity index (χ3v) is 5.21. The lowest BCUT2D eigenvalue weighted by atomic mass is 9.98. The molecule has 4 heteroatoms. The van der Waals surface area contributed by atoms with E-state index in [-0.39, 0.29) is 11.1 Å². The molecule has 0 heterocycles. The van der Waals surface area contributed by atoms with E-state index in [1.807, 2.05) is 12.1 Å². The smallest absolute Gasteiger partial charge is 0.145 e. The summed E-state index contributed by atoms with van der Waals surface area (Å²) in [6, 6.07) is 21.3. The second kappa shape index (κ2) is 7.69. The number of halogens is 4. The first-order chi connectivity index (χ1) is 13.5. The predicted octanol–water partition coefficient (Wildman–Crippen LogP) is 7.36. The van der Waals surface area contributed by atoms with Crippen molar-refractivity contribution in [1.29, 1.82) is 0 Å². The van der Waals surface area contributed by atoms with Crippen molar-refractivity contribution in [2.75, 3.05) is 0 Å². The van der Waals surface area contributed by atoms with Gasteiger partial charge in [-0.05, 0) is 58.5 Å². The van der Waals surface area contributed by atoms with E-state index in [9.17, 15) is 13.2 Å². The Labute approximate surface area is 166 Å². The Bertz CT molecular complexity index is 1140. The van der Waals surface area contributed by atoms with Crippen molar-refractivity contribution < 1.29 is 13.2 Å². The maximum atomic E-state index is 14.6. The van der Waals surface area contributed by atoms with Crippen molar-refractivity contribution in [1.82, 2.24) is 0 Å². The molecular formula is C24H16ClF3. The van der Waals surface area contributed by atoms with Gasteiger partial charge in [-0.25, -0.2) is 13.2 Å². The molecular weight excluding hydrogens is 381 g/mol. The number of aryl methyl sites for hydroxylation is 2. The van der Waals surface area contributed by atoms with E-state index in [2.05, 4.69) is 30.3 Å². The summed E-state index contributed by atoms with van der Waals surface area (Å²) in [5.74, 6) is -2.33. The molecule has 0 nitrogen and oxygen atoms in total. The molecule has 4 rings (SSSR count). The molecule has 4 aromatic carbocycles. The maximum Gasteiger partial charge on any atom is 0.145 e. The summed E-state index contributed by atoms with van der Waals surface area (Å²) in [4.78, 5) is 0. The Morgan fingerprint density at radius 1 is 0.607 bits per heavy atom. The van der Waals surface area contributed by atoms with Crippen LogP contribution in [-0.2, 0) is 12.8 Å². The van der Waals surface area contributed by atoms with E-state index in [1.54, 1.807) is 12.1 Å². The minimum atomic E-state index is -0.906. The van der Waals surface area contributed by atoms with Crippen molar-refractivity contribution >= 4 is 22.4 Å². The molecule has 140 valence electrons. The van der Waals surface area contributed by atoms with Gasteiger partial charge in [-0.1, -0.05) is 66.2 Å². The zero-order valence-corrected chi connectivity index (χ0v) is 15.6. The van der Waals surface area contributed by atoms with Gasteiger partial charge in [0.25, 0.3) is 0 Å². The molecule has 0 saturated carbocycles. The van der Waals surface area contributed by atoms with Crippen molar-refractivity contribution in [3.8, 4) is 11.1 Å². The number of hydrogen-bond donors (Lipinski definition) is 0. The van der Waals surface area contributed by atoms with Crippen LogP contribution in [0.3, 0.4) is 0 Å². The Morgan fingerprint density at radius 2 is 1.21 bits per heavy atom. The highest BCUT2D eigenvalue weighted by Crippen LogP contribution is 2.29. The van der Waals surface area contributed by atoms with Gasteiger partial charge in [0.15, 0.2) is 0 Å². The minimum Gasteiger partial charge on any atom is -0.206 e. The number of benzene rings is 4. The van der Waals surface area contributed by atoms with E-state index in [0.29, 0.717) is 6.42 Å². The van der Waals surface area contributed by atoms with Crippen LogP contribution < -0.4 is 0 Å². The molecule has 4 aromatic rings. The lowest BCUT2D eigenvalue weighted by Gasteiger charge is -2.09. The number of hydrogen-bond acceptors (Lipinski definition) is 0. The van der Waals surface area contributed by atoms with E-state index in [1.165, 1.54) is 22.4 Å². The third kappa shape index (κ3) is 3.76. The minimum absolute atomic E-state index is 0.123. The molecule has 0 spiro atoms. The zero-order chi connectivity index (χ0) is 19.7. The standard InChI is InChI=1S/C24H16ClF3/c25-24-22(27)13-19(14-23(24)28)20-10-8-16(12-21(20)26)6-5-15-7-9-17-3-1-2-4-18(17)11-15/h1-4,7-14H,5-6H2. The van der Waals surface area contributed by atoms with Crippen LogP contribution in [0.25, 0.3) is 21.9 Å². The van der Waals surface area contributed by atoms with Gasteiger partial charge in [-0.3, -0.25) is 0 Å². The Hall–Kier alpha value is -2.78. The van der Waals surface area contributed by atoms with Crippen LogP contribution in [0.2, 0.25) is 5.02 Å². The summed E-state index contributed by atoms with van der Waals surface area (Å²) in [5.41, 5.74) is 2.26. The summed E-state index contributed by atoms with van der Waals surface area (Å²) in [7, 11) is 0. The van der Waals surface area contributed by atoms with Gasteiger partial charge < -0.3 is 0 Å². The lowest BCUT2D eigenvalue weighted by Crippen LogP contribution is -1.95. The summed E-state index contributed by atoms with van der Waals surface area (Å²) >= 11 is 5.49. The zero-order valence-electron chi connectivity index (χ0n) is 14.9. The van der Waals surface area contributed by atoms with Gasteiger partial charge in [0.2, 0.25) is 0 Å². The number of rotatable bonds is 4. The Balaban J connectivity index is 1.54. The molecule has 0 radical (unpaired) electrons. The predicted molar refractivity (Wildman–Crippen MR) is 108 cm³/mol. The van der Waals surface area contributed by atoms with E-state index < -0.39 is 22.5 Å². The summed E-state index contributed by atoms with van der Waals surface area (Å²) < 4.78 is 41.9. The van der Waals surface area contributed by atoms with Gasteiger partial charge in [0.1, 0.15) is 22.5 Å². The molecule has 0 atom stereocenters. The maximum absolute atomic E-state index is 14.6. The monoisotopic (exact) mass is 396 g/mol. The first-order valence-corrected chi connectivity index (χ1v) is 9.30. The molecule has 0 aliphatic heterocycles. The number of fused-ring (bicyclic) bond motifs is 1. The average Bonchev–Trinajstić information content (AvgIpc) is 2.70. The van der Waals surface area contributed by atoms with Crippen molar-refractivity contribution in [3.05, 3.63) is 106 Å². The van der Waals surface area contributed by atoms with Crippen LogP contribution in [0.1, 0.15) is 11.1 Å². The van der Waals surface area contributed by atoms with Crippen molar-refractivity contribution in [2.24, 2.45) is 0 Å². The van der Waals surface area contributed by atoms with Crippen molar-refractivity contribution in [3.63, 3.8) is 0 Å². The second-order valence-corrected chi connectivity index (χ2v) is 7.13. The fraction of sp³-hybridized carbons (Fsp3) is 0.0833. The SMILES string of the molecule is Fc1cc(CCc2ccc3ccccc3c2)ccc1-c1cc(F)c(Cl)c(F)c1. The molecule has 0 bridgehead atoms. The molecule has 0 amide bonds. The largest absolute Gasteiger partial charge is 0.206 e. The molecule has 28 heavy (non-hydrogen) atoms. The van der Waals surface area contributed by atoms with E-state index in [4.69, 9.17) is 11.6 Å². The molecule has 0 aliphatic rings. The van der Waals surface area contributed by atoms with Gasteiger partial charge >= 0.3 is 0 Å². The Morgan fingerprint density at radius 3 is 1.89 bits per heavy atom. The summed E-state index contributed by atoms with van der Waals surface area (Å²) in [6.45, 7) is 0. The quantitative estimate of drug-likeness (QED) is 0.316. The van der Waals surface area contributed by atoms with E-state index in [0.717, 1.165) is 24.1 Å². The fourth-order valence-electron chi connectivity index (χ4n) is 3.34. The third-order valence-electron chi connectivity index (χ3n) is 4.84. The van der Waals surface area contributed by atoms with Crippen LogP contribution in [0.5, 0.6) is 0 Å². The second-order valence-electron chi connectivity index (χ2n) is 6.75. The van der Waals surface area contributed by atoms with Crippen LogP contribution in [0.15, 0.2) is 72.8 Å². The topological polar surface area (TPSA) is 0 Å². The summed E-state index contributed by atoms with van der Waals surface area (Å²) in [5, 5.41) is 1.77. The normalized spacial score (nSPS) is 11.1. The van der Waals surface area contributed by atoms with Crippen LogP contribution in [-0.4, -0.2) is 0 Å². The van der Waals surface area contributed by atoms with Gasteiger partial charge in [-0.2, -0.15) is 0 Å². The molecule has 0 aliphatic carbocycles. The highest BCUT2D eigenvalue weighted by molar-refractivity contribution is 6.31. The Kier molecular flexibility index (Phi) is 5.10. The molecule has 0 fully saturated rings. The summed E-state index contributed by atoms with van der Waals surface area (Å²) in [6.07, 6.45) is 1.44. The first-order valence-electron chi connectivity index (χ1n) is 8.92. The van der Waals surface area contributed by atoms with Gasteiger partial charge in [-0.15, -0.1) is 0 Å². The van der Waals surface area contributed by atoms with Crippen LogP contribution in [0.4, 0.5) is 13.2 Å². The highest BCUT2D eigenvalue weighted by atomic mass is 35.5. The van der Waals surface area contributed by atoms with Crippen LogP contribution >= 0.6 is 11.6 Å². The average molecular weight is 397 g/mol. The first kappa shape index (κ1) is 18.6. The lowest BCUT2D eigenvalue weighted by molar-refractivity contribution is 0.584. The molecule has 0 saturated heterocycles. The highest BCUT2D eigenvalue weighted by Gasteiger charge is 2.13. The van der Waals surface area contributed by atoms with Gasteiger partial charge in [0, 0.05) is 5.56 Å². The van der Waals surface area contributed by atoms with E-state index >= 15 is 0 Å².